The van der Waals surface area contributed by atoms with Gasteiger partial charge in [-0.1, -0.05) is 11.6 Å². The standard InChI is InChI=1S/C7H6ClF2N3O2/c8-6-3(7(9)10)1-5(13(14)15)4(2-11)12-6/h1,7H,2,11H2. The van der Waals surface area contributed by atoms with Gasteiger partial charge in [0.1, 0.15) is 10.8 Å². The van der Waals surface area contributed by atoms with Crippen LogP contribution in [-0.4, -0.2) is 9.91 Å². The van der Waals surface area contributed by atoms with Crippen LogP contribution in [0.3, 0.4) is 0 Å². The maximum absolute atomic E-state index is 12.3. The first kappa shape index (κ1) is 11.7. The number of rotatable bonds is 3. The van der Waals surface area contributed by atoms with Crippen molar-refractivity contribution in [3.63, 3.8) is 0 Å². The van der Waals surface area contributed by atoms with E-state index in [4.69, 9.17) is 17.3 Å². The van der Waals surface area contributed by atoms with Crippen molar-refractivity contribution in [2.24, 2.45) is 5.73 Å². The Hall–Kier alpha value is -1.34. The van der Waals surface area contributed by atoms with E-state index in [0.29, 0.717) is 6.07 Å². The van der Waals surface area contributed by atoms with E-state index in [1.165, 1.54) is 0 Å². The summed E-state index contributed by atoms with van der Waals surface area (Å²) >= 11 is 5.41. The quantitative estimate of drug-likeness (QED) is 0.495. The van der Waals surface area contributed by atoms with Crippen LogP contribution in [0.25, 0.3) is 0 Å². The summed E-state index contributed by atoms with van der Waals surface area (Å²) in [5.74, 6) is 0. The average Bonchev–Trinajstić information content (AvgIpc) is 2.16. The third-order valence-electron chi connectivity index (χ3n) is 1.68. The first-order chi connectivity index (χ1) is 6.97. The van der Waals surface area contributed by atoms with Crippen LogP contribution in [-0.2, 0) is 6.54 Å². The fraction of sp³-hybridized carbons (Fsp3) is 0.286. The molecule has 1 aromatic rings. The molecule has 8 heteroatoms. The van der Waals surface area contributed by atoms with E-state index in [9.17, 15) is 18.9 Å². The van der Waals surface area contributed by atoms with Crippen molar-refractivity contribution < 1.29 is 13.7 Å². The van der Waals surface area contributed by atoms with Crippen LogP contribution >= 0.6 is 11.6 Å². The Bertz CT molecular complexity index is 400. The summed E-state index contributed by atoms with van der Waals surface area (Å²) in [6.45, 7) is -0.237. The van der Waals surface area contributed by atoms with Crippen LogP contribution in [0, 0.1) is 10.1 Å². The normalized spacial score (nSPS) is 10.7. The first-order valence-corrected chi connectivity index (χ1v) is 4.17. The molecule has 0 atom stereocenters. The zero-order chi connectivity index (χ0) is 11.6. The number of alkyl halides is 2. The number of nitrogens with zero attached hydrogens (tertiary/aromatic N) is 2. The van der Waals surface area contributed by atoms with E-state index < -0.39 is 27.8 Å². The van der Waals surface area contributed by atoms with Crippen LogP contribution in [0.1, 0.15) is 17.7 Å². The fourth-order valence-corrected chi connectivity index (χ4v) is 1.23. The van der Waals surface area contributed by atoms with Gasteiger partial charge in [0.25, 0.3) is 12.1 Å². The van der Waals surface area contributed by atoms with E-state index >= 15 is 0 Å². The van der Waals surface area contributed by atoms with Crippen LogP contribution in [0.2, 0.25) is 5.15 Å². The molecular formula is C7H6ClF2N3O2. The molecule has 15 heavy (non-hydrogen) atoms. The van der Waals surface area contributed by atoms with Crippen LogP contribution < -0.4 is 5.73 Å². The number of nitro groups is 1. The number of nitrogens with two attached hydrogens (primary N) is 1. The molecule has 0 saturated carbocycles. The lowest BCUT2D eigenvalue weighted by Crippen LogP contribution is -2.06. The van der Waals surface area contributed by atoms with Crippen LogP contribution in [0.4, 0.5) is 14.5 Å². The molecule has 0 aromatic carbocycles. The Morgan fingerprint density at radius 2 is 2.27 bits per heavy atom. The van der Waals surface area contributed by atoms with Gasteiger partial charge in [0, 0.05) is 12.6 Å². The molecular weight excluding hydrogens is 232 g/mol. The van der Waals surface area contributed by atoms with Crippen LogP contribution in [0.15, 0.2) is 6.07 Å². The maximum Gasteiger partial charge on any atom is 0.292 e. The second-order valence-corrected chi connectivity index (χ2v) is 2.95. The summed E-state index contributed by atoms with van der Waals surface area (Å²) in [4.78, 5) is 13.1. The lowest BCUT2D eigenvalue weighted by Gasteiger charge is -2.05. The Kier molecular flexibility index (Phi) is 3.48. The van der Waals surface area contributed by atoms with E-state index in [0.717, 1.165) is 0 Å². The number of hydrogen-bond acceptors (Lipinski definition) is 4. The molecule has 0 amide bonds. The highest BCUT2D eigenvalue weighted by Gasteiger charge is 2.22. The molecule has 1 heterocycles. The summed E-state index contributed by atoms with van der Waals surface area (Å²) in [5, 5.41) is 10.0. The molecule has 1 rings (SSSR count). The molecule has 0 aliphatic carbocycles. The van der Waals surface area contributed by atoms with E-state index in [1.807, 2.05) is 0 Å². The highest BCUT2D eigenvalue weighted by Crippen LogP contribution is 2.30. The molecule has 0 spiro atoms. The highest BCUT2D eigenvalue weighted by atomic mass is 35.5. The van der Waals surface area contributed by atoms with Gasteiger partial charge in [0.15, 0.2) is 0 Å². The second kappa shape index (κ2) is 4.45. The summed E-state index contributed by atoms with van der Waals surface area (Å²) in [7, 11) is 0. The molecule has 0 aliphatic heterocycles. The van der Waals surface area contributed by atoms with Gasteiger partial charge in [-0.3, -0.25) is 10.1 Å². The summed E-state index contributed by atoms with van der Waals surface area (Å²) in [6.07, 6.45) is -2.91. The lowest BCUT2D eigenvalue weighted by molar-refractivity contribution is -0.386. The van der Waals surface area contributed by atoms with Gasteiger partial charge in [-0.05, 0) is 0 Å². The number of hydrogen-bond donors (Lipinski definition) is 1. The fourth-order valence-electron chi connectivity index (χ4n) is 0.992. The smallest absolute Gasteiger partial charge is 0.292 e. The summed E-state index contributed by atoms with van der Waals surface area (Å²) in [5.41, 5.74) is 3.84. The predicted octanol–water partition coefficient (Wildman–Crippen LogP) is 2.04. The highest BCUT2D eigenvalue weighted by molar-refractivity contribution is 6.30. The zero-order valence-corrected chi connectivity index (χ0v) is 8.04. The van der Waals surface area contributed by atoms with Gasteiger partial charge < -0.3 is 5.73 Å². The molecule has 1 aromatic heterocycles. The van der Waals surface area contributed by atoms with Crippen LogP contribution in [0.5, 0.6) is 0 Å². The van der Waals surface area contributed by atoms with Gasteiger partial charge in [-0.2, -0.15) is 0 Å². The first-order valence-electron chi connectivity index (χ1n) is 3.79. The molecule has 0 saturated heterocycles. The van der Waals surface area contributed by atoms with E-state index in [1.54, 1.807) is 0 Å². The number of pyridine rings is 1. The maximum atomic E-state index is 12.3. The van der Waals surface area contributed by atoms with Crippen molar-refractivity contribution >= 4 is 17.3 Å². The Labute approximate surface area is 88.0 Å². The Balaban J connectivity index is 3.37. The Morgan fingerprint density at radius 1 is 1.67 bits per heavy atom. The van der Waals surface area contributed by atoms with Crippen molar-refractivity contribution in [2.45, 2.75) is 13.0 Å². The lowest BCUT2D eigenvalue weighted by atomic mass is 10.2. The van der Waals surface area contributed by atoms with Crippen molar-refractivity contribution in [3.05, 3.63) is 32.6 Å². The minimum Gasteiger partial charge on any atom is -0.325 e. The molecule has 0 aliphatic rings. The van der Waals surface area contributed by atoms with E-state index in [-0.39, 0.29) is 12.2 Å². The molecule has 0 fully saturated rings. The van der Waals surface area contributed by atoms with Crippen molar-refractivity contribution in [1.82, 2.24) is 4.98 Å². The monoisotopic (exact) mass is 237 g/mol. The number of halogens is 3. The SMILES string of the molecule is NCc1nc(Cl)c(C(F)F)cc1[N+](=O)[O-]. The summed E-state index contributed by atoms with van der Waals surface area (Å²) in [6, 6.07) is 0.697. The second-order valence-electron chi connectivity index (χ2n) is 2.60. The molecule has 82 valence electrons. The van der Waals surface area contributed by atoms with E-state index in [2.05, 4.69) is 4.98 Å². The Morgan fingerprint density at radius 3 is 2.67 bits per heavy atom. The minimum absolute atomic E-state index is 0.116. The van der Waals surface area contributed by atoms with Gasteiger partial charge in [0.2, 0.25) is 0 Å². The van der Waals surface area contributed by atoms with Crippen molar-refractivity contribution in [2.75, 3.05) is 0 Å². The molecule has 0 radical (unpaired) electrons. The van der Waals surface area contributed by atoms with Crippen molar-refractivity contribution in [1.29, 1.82) is 0 Å². The molecule has 5 nitrogen and oxygen atoms in total. The average molecular weight is 238 g/mol. The molecule has 0 bridgehead atoms. The zero-order valence-electron chi connectivity index (χ0n) is 7.28. The summed E-state index contributed by atoms with van der Waals surface area (Å²) < 4.78 is 24.7. The molecule has 2 N–H and O–H groups in total. The predicted molar refractivity (Wildman–Crippen MR) is 48.7 cm³/mol. The molecule has 0 unspecified atom stereocenters. The minimum atomic E-state index is -2.91. The van der Waals surface area contributed by atoms with Crippen molar-refractivity contribution in [3.8, 4) is 0 Å². The number of aromatic nitrogens is 1. The van der Waals surface area contributed by atoms with Gasteiger partial charge in [-0.25, -0.2) is 13.8 Å². The topological polar surface area (TPSA) is 82.0 Å². The third-order valence-corrected chi connectivity index (χ3v) is 1.99. The largest absolute Gasteiger partial charge is 0.325 e. The van der Waals surface area contributed by atoms with Gasteiger partial charge in [0.05, 0.1) is 10.5 Å². The van der Waals surface area contributed by atoms with Gasteiger partial charge in [-0.15, -0.1) is 0 Å². The van der Waals surface area contributed by atoms with Gasteiger partial charge >= 0.3 is 0 Å². The third kappa shape index (κ3) is 2.37.